The number of hydrogen-bond donors (Lipinski definition) is 1. The molecule has 0 saturated heterocycles. The van der Waals surface area contributed by atoms with Crippen molar-refractivity contribution < 1.29 is 9.53 Å². The SMILES string of the molecule is COc1ccc(CCn2c(C)cc(C(=O)CSc3n[nH]c(C4CCCC4)n3)c2C)cc1. The Kier molecular flexibility index (Phi) is 6.80. The third-order valence-electron chi connectivity index (χ3n) is 6.21. The van der Waals surface area contributed by atoms with E-state index in [0.29, 0.717) is 16.8 Å². The fourth-order valence-electron chi connectivity index (χ4n) is 4.37. The number of rotatable bonds is 9. The number of carbonyl (C=O) groups excluding carboxylic acids is 1. The van der Waals surface area contributed by atoms with E-state index >= 15 is 0 Å². The molecule has 6 nitrogen and oxygen atoms in total. The van der Waals surface area contributed by atoms with Crippen LogP contribution in [0.2, 0.25) is 0 Å². The van der Waals surface area contributed by atoms with E-state index in [4.69, 9.17) is 4.74 Å². The van der Waals surface area contributed by atoms with Gasteiger partial charge in [-0.15, -0.1) is 5.10 Å². The molecule has 1 aromatic carbocycles. The van der Waals surface area contributed by atoms with Gasteiger partial charge >= 0.3 is 0 Å². The van der Waals surface area contributed by atoms with Gasteiger partial charge in [0.05, 0.1) is 12.9 Å². The van der Waals surface area contributed by atoms with Crippen LogP contribution in [0.25, 0.3) is 0 Å². The first-order chi connectivity index (χ1) is 15.0. The summed E-state index contributed by atoms with van der Waals surface area (Å²) in [6.07, 6.45) is 5.80. The second-order valence-corrected chi connectivity index (χ2v) is 9.17. The molecule has 0 aliphatic heterocycles. The third kappa shape index (κ3) is 5.03. The van der Waals surface area contributed by atoms with Gasteiger partial charge in [0.25, 0.3) is 0 Å². The summed E-state index contributed by atoms with van der Waals surface area (Å²) in [6, 6.07) is 10.2. The van der Waals surface area contributed by atoms with E-state index in [1.807, 2.05) is 25.1 Å². The van der Waals surface area contributed by atoms with Crippen molar-refractivity contribution in [3.8, 4) is 5.75 Å². The Morgan fingerprint density at radius 2 is 1.97 bits per heavy atom. The molecule has 0 amide bonds. The number of thioether (sulfide) groups is 1. The van der Waals surface area contributed by atoms with Crippen molar-refractivity contribution in [1.82, 2.24) is 19.7 Å². The molecule has 0 spiro atoms. The molecule has 3 aromatic rings. The van der Waals surface area contributed by atoms with Crippen LogP contribution in [0.5, 0.6) is 5.75 Å². The molecular weight excluding hydrogens is 408 g/mol. The second-order valence-electron chi connectivity index (χ2n) is 8.23. The molecule has 4 rings (SSSR count). The van der Waals surface area contributed by atoms with Gasteiger partial charge in [-0.05, 0) is 56.9 Å². The van der Waals surface area contributed by atoms with Crippen LogP contribution < -0.4 is 4.74 Å². The highest BCUT2D eigenvalue weighted by Crippen LogP contribution is 2.32. The van der Waals surface area contributed by atoms with Gasteiger partial charge in [-0.2, -0.15) is 0 Å². The number of hydrogen-bond acceptors (Lipinski definition) is 5. The van der Waals surface area contributed by atoms with E-state index in [1.54, 1.807) is 7.11 Å². The molecule has 0 bridgehead atoms. The minimum Gasteiger partial charge on any atom is -0.497 e. The lowest BCUT2D eigenvalue weighted by Crippen LogP contribution is -2.08. The monoisotopic (exact) mass is 438 g/mol. The largest absolute Gasteiger partial charge is 0.497 e. The molecule has 0 unspecified atom stereocenters. The lowest BCUT2D eigenvalue weighted by atomic mass is 10.1. The normalized spacial score (nSPS) is 14.3. The molecule has 7 heteroatoms. The van der Waals surface area contributed by atoms with Crippen LogP contribution in [0.1, 0.15) is 64.7 Å². The van der Waals surface area contributed by atoms with Gasteiger partial charge in [0.15, 0.2) is 5.78 Å². The van der Waals surface area contributed by atoms with Crippen molar-refractivity contribution in [3.63, 3.8) is 0 Å². The molecule has 1 aliphatic carbocycles. The molecule has 0 radical (unpaired) electrons. The maximum atomic E-state index is 12.9. The van der Waals surface area contributed by atoms with Gasteiger partial charge in [0, 0.05) is 29.4 Å². The lowest BCUT2D eigenvalue weighted by molar-refractivity contribution is 0.102. The fraction of sp³-hybridized carbons (Fsp3) is 0.458. The highest BCUT2D eigenvalue weighted by Gasteiger charge is 2.21. The summed E-state index contributed by atoms with van der Waals surface area (Å²) in [5.74, 6) is 2.82. The van der Waals surface area contributed by atoms with Gasteiger partial charge in [0.1, 0.15) is 11.6 Å². The van der Waals surface area contributed by atoms with Gasteiger partial charge < -0.3 is 9.30 Å². The first-order valence-corrected chi connectivity index (χ1v) is 11.9. The van der Waals surface area contributed by atoms with Crippen LogP contribution in [0.4, 0.5) is 0 Å². The summed E-state index contributed by atoms with van der Waals surface area (Å²) in [5.41, 5.74) is 4.18. The first-order valence-electron chi connectivity index (χ1n) is 10.9. The molecule has 1 N–H and O–H groups in total. The number of aromatic nitrogens is 4. The number of ketones is 1. The van der Waals surface area contributed by atoms with Crippen molar-refractivity contribution in [1.29, 1.82) is 0 Å². The maximum Gasteiger partial charge on any atom is 0.208 e. The van der Waals surface area contributed by atoms with E-state index < -0.39 is 0 Å². The van der Waals surface area contributed by atoms with Crippen LogP contribution in [-0.2, 0) is 13.0 Å². The second kappa shape index (κ2) is 9.73. The maximum absolute atomic E-state index is 12.9. The predicted molar refractivity (Wildman–Crippen MR) is 123 cm³/mol. The van der Waals surface area contributed by atoms with Crippen LogP contribution in [-0.4, -0.2) is 38.4 Å². The van der Waals surface area contributed by atoms with Gasteiger partial charge in [-0.1, -0.05) is 36.7 Å². The zero-order chi connectivity index (χ0) is 21.8. The number of methoxy groups -OCH3 is 1. The number of ether oxygens (including phenoxy) is 1. The third-order valence-corrected chi connectivity index (χ3v) is 7.06. The Hall–Kier alpha value is -2.54. The number of Topliss-reactive ketones (excluding diaryl/α,β-unsaturated/α-hetero) is 1. The van der Waals surface area contributed by atoms with E-state index in [-0.39, 0.29) is 5.78 Å². The molecule has 1 fully saturated rings. The minimum atomic E-state index is 0.126. The topological polar surface area (TPSA) is 72.8 Å². The standard InChI is InChI=1S/C24H30N4O2S/c1-16-14-21(17(2)28(16)13-12-18-8-10-20(30-3)11-9-18)22(29)15-31-24-25-23(26-27-24)19-6-4-5-7-19/h8-11,14,19H,4-7,12-13,15H2,1-3H3,(H,25,26,27). The Labute approximate surface area is 187 Å². The van der Waals surface area contributed by atoms with Crippen molar-refractivity contribution in [2.24, 2.45) is 0 Å². The summed E-state index contributed by atoms with van der Waals surface area (Å²) >= 11 is 1.42. The van der Waals surface area contributed by atoms with Crippen molar-refractivity contribution in [2.45, 2.75) is 63.6 Å². The lowest BCUT2D eigenvalue weighted by Gasteiger charge is -2.10. The number of aryl methyl sites for hydroxylation is 2. The Bertz CT molecular complexity index is 1030. The molecule has 2 heterocycles. The van der Waals surface area contributed by atoms with E-state index in [1.165, 1.54) is 43.0 Å². The molecule has 164 valence electrons. The number of H-pyrrole nitrogens is 1. The molecule has 31 heavy (non-hydrogen) atoms. The molecule has 2 aromatic heterocycles. The van der Waals surface area contributed by atoms with Crippen LogP contribution >= 0.6 is 11.8 Å². The number of aromatic amines is 1. The molecular formula is C24H30N4O2S. The zero-order valence-electron chi connectivity index (χ0n) is 18.5. The minimum absolute atomic E-state index is 0.126. The Morgan fingerprint density at radius 1 is 1.23 bits per heavy atom. The summed E-state index contributed by atoms with van der Waals surface area (Å²) < 4.78 is 7.46. The van der Waals surface area contributed by atoms with E-state index in [9.17, 15) is 4.79 Å². The van der Waals surface area contributed by atoms with Crippen LogP contribution in [0, 0.1) is 13.8 Å². The number of benzene rings is 1. The smallest absolute Gasteiger partial charge is 0.208 e. The highest BCUT2D eigenvalue weighted by molar-refractivity contribution is 7.99. The van der Waals surface area contributed by atoms with E-state index in [0.717, 1.165) is 41.5 Å². The quantitative estimate of drug-likeness (QED) is 0.371. The Balaban J connectivity index is 1.36. The number of nitrogens with zero attached hydrogens (tertiary/aromatic N) is 3. The summed E-state index contributed by atoms with van der Waals surface area (Å²) in [7, 11) is 1.68. The van der Waals surface area contributed by atoms with Crippen LogP contribution in [0.15, 0.2) is 35.5 Å². The Morgan fingerprint density at radius 3 is 2.68 bits per heavy atom. The van der Waals surface area contributed by atoms with Crippen LogP contribution in [0.3, 0.4) is 0 Å². The molecule has 1 saturated carbocycles. The summed E-state index contributed by atoms with van der Waals surface area (Å²) in [5, 5.41) is 8.05. The summed E-state index contributed by atoms with van der Waals surface area (Å²) in [6.45, 7) is 4.94. The number of nitrogens with one attached hydrogen (secondary N) is 1. The molecule has 0 atom stereocenters. The van der Waals surface area contributed by atoms with Gasteiger partial charge in [-0.25, -0.2) is 4.98 Å². The number of carbonyl (C=O) groups is 1. The van der Waals surface area contributed by atoms with Crippen molar-refractivity contribution in [3.05, 3.63) is 58.7 Å². The van der Waals surface area contributed by atoms with Gasteiger partial charge in [-0.3, -0.25) is 9.89 Å². The first kappa shape index (κ1) is 21.7. The molecule has 1 aliphatic rings. The van der Waals surface area contributed by atoms with Crippen molar-refractivity contribution in [2.75, 3.05) is 12.9 Å². The predicted octanol–water partition coefficient (Wildman–Crippen LogP) is 5.11. The van der Waals surface area contributed by atoms with Gasteiger partial charge in [0.2, 0.25) is 5.16 Å². The van der Waals surface area contributed by atoms with Crippen molar-refractivity contribution >= 4 is 17.5 Å². The summed E-state index contributed by atoms with van der Waals surface area (Å²) in [4.78, 5) is 17.5. The highest BCUT2D eigenvalue weighted by atomic mass is 32.2. The fourth-order valence-corrected chi connectivity index (χ4v) is 5.06. The van der Waals surface area contributed by atoms with E-state index in [2.05, 4.69) is 38.8 Å². The average Bonchev–Trinajstić information content (AvgIpc) is 3.52. The zero-order valence-corrected chi connectivity index (χ0v) is 19.3. The average molecular weight is 439 g/mol.